The van der Waals surface area contributed by atoms with Crippen molar-refractivity contribution in [3.05, 3.63) is 85.8 Å². The van der Waals surface area contributed by atoms with E-state index in [4.69, 9.17) is 25.8 Å². The second kappa shape index (κ2) is 12.6. The minimum Gasteiger partial charge on any atom is -0.490 e. The molecule has 0 aliphatic carbocycles. The summed E-state index contributed by atoms with van der Waals surface area (Å²) in [5, 5.41) is 4.60. The Bertz CT molecular complexity index is 1110. The topological polar surface area (TPSA) is 69.2 Å². The van der Waals surface area contributed by atoms with Crippen LogP contribution in [0.4, 0.5) is 0 Å². The van der Waals surface area contributed by atoms with Crippen LogP contribution in [0.3, 0.4) is 0 Å². The molecule has 0 heterocycles. The number of carbonyl (C=O) groups is 1. The fourth-order valence-electron chi connectivity index (χ4n) is 2.66. The minimum atomic E-state index is -0.392. The van der Waals surface area contributed by atoms with Gasteiger partial charge in [-0.25, -0.2) is 5.43 Å². The van der Waals surface area contributed by atoms with E-state index in [1.165, 1.54) is 6.21 Å². The van der Waals surface area contributed by atoms with Gasteiger partial charge in [0.1, 0.15) is 12.4 Å². The fourth-order valence-corrected chi connectivity index (χ4v) is 3.47. The number of benzene rings is 3. The number of carbonyl (C=O) groups excluding carboxylic acids is 1. The molecule has 172 valence electrons. The van der Waals surface area contributed by atoms with E-state index in [0.29, 0.717) is 41.0 Å². The molecular weight excluding hydrogens is 576 g/mol. The largest absolute Gasteiger partial charge is 0.490 e. The Morgan fingerprint density at radius 1 is 1.00 bits per heavy atom. The van der Waals surface area contributed by atoms with Gasteiger partial charge in [0.2, 0.25) is 0 Å². The number of hydrogen-bond donors (Lipinski definition) is 1. The highest BCUT2D eigenvalue weighted by atomic mass is 79.9. The van der Waals surface area contributed by atoms with Crippen molar-refractivity contribution in [2.45, 2.75) is 13.5 Å². The smallest absolute Gasteiger partial charge is 0.277 e. The van der Waals surface area contributed by atoms with Crippen molar-refractivity contribution in [2.24, 2.45) is 5.10 Å². The van der Waals surface area contributed by atoms with Crippen LogP contribution in [0.5, 0.6) is 17.2 Å². The first kappa shape index (κ1) is 25.1. The van der Waals surface area contributed by atoms with E-state index >= 15 is 0 Å². The molecule has 0 aliphatic rings. The molecule has 0 aromatic heterocycles. The molecule has 0 fully saturated rings. The van der Waals surface area contributed by atoms with E-state index in [2.05, 4.69) is 42.4 Å². The number of ether oxygens (including phenoxy) is 3. The highest BCUT2D eigenvalue weighted by Gasteiger charge is 2.11. The number of hydrogen-bond acceptors (Lipinski definition) is 5. The molecule has 0 radical (unpaired) electrons. The lowest BCUT2D eigenvalue weighted by molar-refractivity contribution is -0.123. The van der Waals surface area contributed by atoms with Gasteiger partial charge in [-0.15, -0.1) is 0 Å². The van der Waals surface area contributed by atoms with Gasteiger partial charge >= 0.3 is 0 Å². The average molecular weight is 597 g/mol. The molecule has 0 saturated carbocycles. The van der Waals surface area contributed by atoms with E-state index in [-0.39, 0.29) is 6.61 Å². The molecule has 3 aromatic rings. The van der Waals surface area contributed by atoms with Crippen LogP contribution >= 0.6 is 43.5 Å². The number of rotatable bonds is 10. The molecule has 0 saturated heterocycles. The number of nitrogens with one attached hydrogen (secondary N) is 1. The Kier molecular flexibility index (Phi) is 9.60. The second-order valence-electron chi connectivity index (χ2n) is 6.70. The summed E-state index contributed by atoms with van der Waals surface area (Å²) >= 11 is 12.8. The predicted octanol–water partition coefficient (Wildman–Crippen LogP) is 6.37. The quantitative estimate of drug-likeness (QED) is 0.218. The number of amides is 1. The van der Waals surface area contributed by atoms with Crippen LogP contribution in [0.15, 0.2) is 74.7 Å². The highest BCUT2D eigenvalue weighted by Crippen LogP contribution is 2.34. The first-order valence-electron chi connectivity index (χ1n) is 9.98. The number of halogens is 3. The van der Waals surface area contributed by atoms with Crippen LogP contribution < -0.4 is 19.6 Å². The molecule has 0 aliphatic heterocycles. The summed E-state index contributed by atoms with van der Waals surface area (Å²) in [6.45, 7) is 2.60. The Morgan fingerprint density at radius 3 is 2.39 bits per heavy atom. The van der Waals surface area contributed by atoms with E-state index in [1.54, 1.807) is 30.3 Å². The normalized spacial score (nSPS) is 10.8. The van der Waals surface area contributed by atoms with E-state index < -0.39 is 5.91 Å². The molecular formula is C24H21Br2ClN2O4. The lowest BCUT2D eigenvalue weighted by atomic mass is 10.2. The molecule has 9 heteroatoms. The van der Waals surface area contributed by atoms with Crippen molar-refractivity contribution < 1.29 is 19.0 Å². The van der Waals surface area contributed by atoms with Gasteiger partial charge in [-0.1, -0.05) is 39.7 Å². The van der Waals surface area contributed by atoms with Gasteiger partial charge < -0.3 is 14.2 Å². The summed E-state index contributed by atoms with van der Waals surface area (Å²) in [6, 6.07) is 18.3. The molecule has 33 heavy (non-hydrogen) atoms. The van der Waals surface area contributed by atoms with Gasteiger partial charge in [-0.3, -0.25) is 4.79 Å². The highest BCUT2D eigenvalue weighted by molar-refractivity contribution is 9.10. The van der Waals surface area contributed by atoms with Crippen molar-refractivity contribution in [1.29, 1.82) is 0 Å². The van der Waals surface area contributed by atoms with Gasteiger partial charge in [0.15, 0.2) is 18.1 Å². The summed E-state index contributed by atoms with van der Waals surface area (Å²) in [7, 11) is 0. The summed E-state index contributed by atoms with van der Waals surface area (Å²) in [6.07, 6.45) is 1.52. The second-order valence-corrected chi connectivity index (χ2v) is 8.91. The average Bonchev–Trinajstić information content (AvgIpc) is 2.80. The van der Waals surface area contributed by atoms with Crippen LogP contribution in [-0.2, 0) is 11.4 Å². The molecule has 1 amide bonds. The van der Waals surface area contributed by atoms with Gasteiger partial charge in [0, 0.05) is 19.5 Å². The Labute approximate surface area is 214 Å². The van der Waals surface area contributed by atoms with Crippen LogP contribution in [0, 0.1) is 0 Å². The third kappa shape index (κ3) is 8.07. The maximum absolute atomic E-state index is 12.0. The van der Waals surface area contributed by atoms with Gasteiger partial charge in [0.05, 0.1) is 12.8 Å². The first-order chi connectivity index (χ1) is 15.9. The van der Waals surface area contributed by atoms with Crippen molar-refractivity contribution in [3.63, 3.8) is 0 Å². The molecule has 0 bridgehead atoms. The lowest BCUT2D eigenvalue weighted by Gasteiger charge is -2.14. The van der Waals surface area contributed by atoms with Crippen LogP contribution in [0.1, 0.15) is 18.1 Å². The van der Waals surface area contributed by atoms with Crippen LogP contribution in [0.2, 0.25) is 5.02 Å². The molecule has 0 spiro atoms. The Morgan fingerprint density at radius 2 is 1.70 bits per heavy atom. The van der Waals surface area contributed by atoms with Crippen LogP contribution in [-0.4, -0.2) is 25.3 Å². The third-order valence-corrected chi connectivity index (χ3v) is 5.71. The zero-order chi connectivity index (χ0) is 23.6. The molecule has 1 N–H and O–H groups in total. The lowest BCUT2D eigenvalue weighted by Crippen LogP contribution is -2.24. The summed E-state index contributed by atoms with van der Waals surface area (Å²) in [5.74, 6) is 1.33. The Hall–Kier alpha value is -2.55. The summed E-state index contributed by atoms with van der Waals surface area (Å²) in [4.78, 5) is 12.0. The number of nitrogens with zero attached hydrogens (tertiary/aromatic N) is 1. The third-order valence-electron chi connectivity index (χ3n) is 4.25. The van der Waals surface area contributed by atoms with E-state index in [9.17, 15) is 4.79 Å². The first-order valence-corrected chi connectivity index (χ1v) is 11.9. The molecule has 6 nitrogen and oxygen atoms in total. The Balaban J connectivity index is 1.60. The van der Waals surface area contributed by atoms with Gasteiger partial charge in [-0.2, -0.15) is 5.10 Å². The molecule has 0 atom stereocenters. The summed E-state index contributed by atoms with van der Waals surface area (Å²) < 4.78 is 18.8. The van der Waals surface area contributed by atoms with Gasteiger partial charge in [-0.05, 0) is 76.9 Å². The van der Waals surface area contributed by atoms with E-state index in [1.807, 2.05) is 37.3 Å². The minimum absolute atomic E-state index is 0.173. The van der Waals surface area contributed by atoms with Crippen molar-refractivity contribution in [3.8, 4) is 17.2 Å². The molecule has 0 unspecified atom stereocenters. The zero-order valence-electron chi connectivity index (χ0n) is 17.7. The number of hydrazone groups is 1. The van der Waals surface area contributed by atoms with Crippen molar-refractivity contribution in [1.82, 2.24) is 5.43 Å². The summed E-state index contributed by atoms with van der Waals surface area (Å²) in [5.41, 5.74) is 4.19. The van der Waals surface area contributed by atoms with Crippen molar-refractivity contribution in [2.75, 3.05) is 13.2 Å². The van der Waals surface area contributed by atoms with E-state index in [0.717, 1.165) is 14.5 Å². The van der Waals surface area contributed by atoms with Crippen LogP contribution in [0.25, 0.3) is 0 Å². The molecule has 3 aromatic carbocycles. The molecule has 3 rings (SSSR count). The predicted molar refractivity (Wildman–Crippen MR) is 136 cm³/mol. The van der Waals surface area contributed by atoms with Gasteiger partial charge in [0.25, 0.3) is 5.91 Å². The SMILES string of the molecule is CCOc1cc(/C=N\NC(=O)COc2ccc(Cl)cc2)c(Br)cc1OCc1ccc(Br)cc1. The fraction of sp³-hybridized carbons (Fsp3) is 0.167. The standard InChI is InChI=1S/C24H21Br2ClN2O4/c1-2-31-22-11-17(13-28-29-24(30)15-32-20-9-7-19(27)8-10-20)21(26)12-23(22)33-14-16-3-5-18(25)6-4-16/h3-13H,2,14-15H2,1H3,(H,29,30)/b28-13-. The maximum atomic E-state index is 12.0. The van der Waals surface area contributed by atoms with Crippen molar-refractivity contribution >= 4 is 55.6 Å². The zero-order valence-corrected chi connectivity index (χ0v) is 21.6. The maximum Gasteiger partial charge on any atom is 0.277 e. The monoisotopic (exact) mass is 594 g/mol.